The Morgan fingerprint density at radius 3 is 2.67 bits per heavy atom. The zero-order valence-electron chi connectivity index (χ0n) is 17.7. The van der Waals surface area contributed by atoms with Crippen molar-refractivity contribution in [1.82, 2.24) is 0 Å². The van der Waals surface area contributed by atoms with E-state index < -0.39 is 0 Å². The molecule has 1 N–H and O–H groups in total. The van der Waals surface area contributed by atoms with Crippen LogP contribution in [0.3, 0.4) is 0 Å². The largest absolute Gasteiger partial charge is 0.396 e. The molecule has 0 unspecified atom stereocenters. The maximum Gasteiger partial charge on any atom is 0.146 e. The van der Waals surface area contributed by atoms with Crippen molar-refractivity contribution < 1.29 is 14.6 Å². The summed E-state index contributed by atoms with van der Waals surface area (Å²) in [5, 5.41) is 9.77. The predicted molar refractivity (Wildman–Crippen MR) is 108 cm³/mol. The van der Waals surface area contributed by atoms with Gasteiger partial charge in [-0.25, -0.2) is 0 Å². The number of hydrogen-bond donors (Lipinski definition) is 1. The molecule has 0 aliphatic heterocycles. The number of ether oxygens (including phenoxy) is 2. The van der Waals surface area contributed by atoms with Crippen LogP contribution in [-0.4, -0.2) is 31.7 Å². The Kier molecular flexibility index (Phi) is 5.33. The molecule has 0 aromatic rings. The van der Waals surface area contributed by atoms with Gasteiger partial charge in [-0.15, -0.1) is 0 Å². The average Bonchev–Trinajstić information content (AvgIpc) is 3.02. The molecule has 4 aliphatic rings. The van der Waals surface area contributed by atoms with Gasteiger partial charge in [-0.1, -0.05) is 44.1 Å². The molecule has 0 amide bonds. The summed E-state index contributed by atoms with van der Waals surface area (Å²) in [4.78, 5) is 0. The number of aliphatic hydroxyl groups excluding tert-OH is 1. The standard InChI is InChI=1S/C24H38O3/c1-16(14-25)20-7-8-21-19-6-5-17-13-18(27-15-26-4)9-11-23(17,2)22(19)10-12-24(20,21)3/h5-6,16,18,20-22,25H,7-15H2,1-4H3/t16-,18+,20-,21+,22+,23+,24-/m1/s1. The molecule has 0 aromatic carbocycles. The van der Waals surface area contributed by atoms with Crippen LogP contribution in [0.4, 0.5) is 0 Å². The SMILES string of the molecule is COCO[C@H]1CC[C@@]2(C)C(=CC=C3[C@@H]4CC[C@H]([C@H](C)CO)[C@@]4(C)CC[C@@H]32)C1. The highest BCUT2D eigenvalue weighted by molar-refractivity contribution is 5.38. The molecule has 3 fully saturated rings. The van der Waals surface area contributed by atoms with E-state index in [9.17, 15) is 5.11 Å². The third-order valence-electron chi connectivity index (χ3n) is 9.00. The monoisotopic (exact) mass is 374 g/mol. The lowest BCUT2D eigenvalue weighted by Gasteiger charge is -2.55. The summed E-state index contributed by atoms with van der Waals surface area (Å²) in [5.74, 6) is 2.52. The van der Waals surface area contributed by atoms with Crippen LogP contribution in [0.1, 0.15) is 65.7 Å². The zero-order valence-corrected chi connectivity index (χ0v) is 17.7. The Balaban J connectivity index is 1.59. The summed E-state index contributed by atoms with van der Waals surface area (Å²) in [6.45, 7) is 8.04. The number of hydrogen-bond acceptors (Lipinski definition) is 3. The second kappa shape index (κ2) is 7.31. The van der Waals surface area contributed by atoms with E-state index in [0.717, 1.165) is 12.8 Å². The predicted octanol–water partition coefficient (Wildman–Crippen LogP) is 5.10. The fraction of sp³-hybridized carbons (Fsp3) is 0.833. The van der Waals surface area contributed by atoms with Crippen LogP contribution in [0.15, 0.2) is 23.3 Å². The Bertz CT molecular complexity index is 623. The van der Waals surface area contributed by atoms with E-state index in [-0.39, 0.29) is 0 Å². The van der Waals surface area contributed by atoms with Crippen LogP contribution >= 0.6 is 0 Å². The van der Waals surface area contributed by atoms with E-state index in [0.29, 0.717) is 54.0 Å². The summed E-state index contributed by atoms with van der Waals surface area (Å²) in [7, 11) is 1.70. The molecule has 152 valence electrons. The first-order chi connectivity index (χ1) is 12.9. The van der Waals surface area contributed by atoms with Gasteiger partial charge in [0.1, 0.15) is 6.79 Å². The third-order valence-corrected chi connectivity index (χ3v) is 9.00. The van der Waals surface area contributed by atoms with E-state index in [1.165, 1.54) is 32.1 Å². The van der Waals surface area contributed by atoms with Crippen LogP contribution in [-0.2, 0) is 9.47 Å². The van der Waals surface area contributed by atoms with Crippen molar-refractivity contribution in [3.8, 4) is 0 Å². The molecule has 0 bridgehead atoms. The smallest absolute Gasteiger partial charge is 0.146 e. The Hall–Kier alpha value is -0.640. The molecule has 0 aromatic heterocycles. The highest BCUT2D eigenvalue weighted by atomic mass is 16.7. The summed E-state index contributed by atoms with van der Waals surface area (Å²) >= 11 is 0. The van der Waals surface area contributed by atoms with E-state index in [1.807, 2.05) is 0 Å². The highest BCUT2D eigenvalue weighted by Crippen LogP contribution is 2.65. The van der Waals surface area contributed by atoms with Crippen molar-refractivity contribution in [3.63, 3.8) is 0 Å². The van der Waals surface area contributed by atoms with Crippen molar-refractivity contribution in [3.05, 3.63) is 23.3 Å². The van der Waals surface area contributed by atoms with Gasteiger partial charge in [-0.3, -0.25) is 0 Å². The van der Waals surface area contributed by atoms with Gasteiger partial charge in [0.05, 0.1) is 6.10 Å². The molecule has 7 atom stereocenters. The molecule has 3 heteroatoms. The first kappa shape index (κ1) is 19.7. The molecule has 4 rings (SSSR count). The highest BCUT2D eigenvalue weighted by Gasteiger charge is 2.56. The van der Waals surface area contributed by atoms with E-state index in [2.05, 4.69) is 32.9 Å². The molecule has 4 aliphatic carbocycles. The summed E-state index contributed by atoms with van der Waals surface area (Å²) in [5.41, 5.74) is 4.04. The van der Waals surface area contributed by atoms with Crippen molar-refractivity contribution in [2.75, 3.05) is 20.5 Å². The van der Waals surface area contributed by atoms with Crippen LogP contribution in [0, 0.1) is 34.5 Å². The van der Waals surface area contributed by atoms with Gasteiger partial charge in [0.25, 0.3) is 0 Å². The van der Waals surface area contributed by atoms with Crippen LogP contribution < -0.4 is 0 Å². The van der Waals surface area contributed by atoms with Gasteiger partial charge in [0.15, 0.2) is 0 Å². The lowest BCUT2D eigenvalue weighted by atomic mass is 9.50. The van der Waals surface area contributed by atoms with Gasteiger partial charge < -0.3 is 14.6 Å². The van der Waals surface area contributed by atoms with Crippen molar-refractivity contribution in [2.24, 2.45) is 34.5 Å². The minimum Gasteiger partial charge on any atom is -0.396 e. The van der Waals surface area contributed by atoms with Gasteiger partial charge in [0.2, 0.25) is 0 Å². The number of fused-ring (bicyclic) bond motifs is 5. The Morgan fingerprint density at radius 1 is 1.11 bits per heavy atom. The topological polar surface area (TPSA) is 38.7 Å². The fourth-order valence-corrected chi connectivity index (χ4v) is 7.38. The quantitative estimate of drug-likeness (QED) is 0.680. The summed E-state index contributed by atoms with van der Waals surface area (Å²) in [6.07, 6.45) is 13.9. The second-order valence-electron chi connectivity index (χ2n) is 10.2. The molecule has 0 saturated heterocycles. The fourth-order valence-electron chi connectivity index (χ4n) is 7.38. The number of rotatable bonds is 5. The number of allylic oxidation sites excluding steroid dienone is 3. The first-order valence-electron chi connectivity index (χ1n) is 11.1. The van der Waals surface area contributed by atoms with Crippen molar-refractivity contribution >= 4 is 0 Å². The summed E-state index contributed by atoms with van der Waals surface area (Å²) < 4.78 is 11.0. The van der Waals surface area contributed by atoms with Gasteiger partial charge in [-0.2, -0.15) is 0 Å². The van der Waals surface area contributed by atoms with Gasteiger partial charge in [-0.05, 0) is 79.4 Å². The molecule has 0 spiro atoms. The van der Waals surface area contributed by atoms with E-state index in [1.54, 1.807) is 18.3 Å². The van der Waals surface area contributed by atoms with Crippen LogP contribution in [0.5, 0.6) is 0 Å². The molecular formula is C24H38O3. The molecule has 0 heterocycles. The van der Waals surface area contributed by atoms with E-state index in [4.69, 9.17) is 9.47 Å². The molecular weight excluding hydrogens is 336 g/mol. The minimum atomic E-state index is 0.314. The zero-order chi connectivity index (χ0) is 19.2. The Morgan fingerprint density at radius 2 is 1.93 bits per heavy atom. The van der Waals surface area contributed by atoms with Gasteiger partial charge >= 0.3 is 0 Å². The average molecular weight is 375 g/mol. The van der Waals surface area contributed by atoms with Crippen LogP contribution in [0.25, 0.3) is 0 Å². The summed E-state index contributed by atoms with van der Waals surface area (Å²) in [6, 6.07) is 0. The normalized spacial score (nSPS) is 44.6. The van der Waals surface area contributed by atoms with Crippen molar-refractivity contribution in [1.29, 1.82) is 0 Å². The molecule has 27 heavy (non-hydrogen) atoms. The third kappa shape index (κ3) is 3.05. The minimum absolute atomic E-state index is 0.314. The lowest BCUT2D eigenvalue weighted by Crippen LogP contribution is -2.47. The Labute approximate surface area is 165 Å². The van der Waals surface area contributed by atoms with Crippen LogP contribution in [0.2, 0.25) is 0 Å². The second-order valence-corrected chi connectivity index (χ2v) is 10.2. The lowest BCUT2D eigenvalue weighted by molar-refractivity contribution is -0.0865. The molecule has 3 saturated carbocycles. The maximum absolute atomic E-state index is 9.77. The maximum atomic E-state index is 9.77. The molecule has 0 radical (unpaired) electrons. The first-order valence-corrected chi connectivity index (χ1v) is 11.1. The van der Waals surface area contributed by atoms with Crippen molar-refractivity contribution in [2.45, 2.75) is 71.8 Å². The number of methoxy groups -OCH3 is 1. The number of aliphatic hydroxyl groups is 1. The van der Waals surface area contributed by atoms with Gasteiger partial charge in [0, 0.05) is 13.7 Å². The van der Waals surface area contributed by atoms with E-state index >= 15 is 0 Å². The molecule has 3 nitrogen and oxygen atoms in total.